The molecule has 1 aromatic carbocycles. The predicted molar refractivity (Wildman–Crippen MR) is 79.7 cm³/mol. The van der Waals surface area contributed by atoms with Gasteiger partial charge in [-0.3, -0.25) is 10.1 Å². The highest BCUT2D eigenvalue weighted by molar-refractivity contribution is 5.79. The number of carbonyl (C=O) groups excluding carboxylic acids is 2. The minimum absolute atomic E-state index is 0.0599. The molecule has 0 amide bonds. The second-order valence-corrected chi connectivity index (χ2v) is 5.56. The van der Waals surface area contributed by atoms with Crippen LogP contribution < -0.4 is 5.32 Å². The molecule has 116 valence electrons. The van der Waals surface area contributed by atoms with Crippen molar-refractivity contribution in [2.24, 2.45) is 0 Å². The second-order valence-electron chi connectivity index (χ2n) is 5.56. The summed E-state index contributed by atoms with van der Waals surface area (Å²) in [4.78, 5) is 23.7. The molecule has 1 aromatic rings. The topological polar surface area (TPSA) is 64.6 Å². The zero-order valence-corrected chi connectivity index (χ0v) is 13.0. The molecule has 5 nitrogen and oxygen atoms in total. The molecule has 0 saturated carbocycles. The van der Waals surface area contributed by atoms with Gasteiger partial charge in [-0.25, -0.2) is 4.79 Å². The SMILES string of the molecule is CCOC(=O)C(NCC(=O)OC(C)(C)C)c1ccccc1. The maximum absolute atomic E-state index is 12.0. The molecule has 0 saturated heterocycles. The van der Waals surface area contributed by atoms with E-state index >= 15 is 0 Å². The van der Waals surface area contributed by atoms with E-state index in [1.807, 2.05) is 30.3 Å². The molecule has 1 N–H and O–H groups in total. The van der Waals surface area contributed by atoms with Gasteiger partial charge in [0.1, 0.15) is 11.6 Å². The lowest BCUT2D eigenvalue weighted by atomic mass is 10.1. The summed E-state index contributed by atoms with van der Waals surface area (Å²) in [6, 6.07) is 8.46. The average Bonchev–Trinajstić information content (AvgIpc) is 2.38. The third-order valence-corrected chi connectivity index (χ3v) is 2.53. The number of esters is 2. The van der Waals surface area contributed by atoms with Crippen molar-refractivity contribution in [3.63, 3.8) is 0 Å². The number of hydrogen-bond acceptors (Lipinski definition) is 5. The third-order valence-electron chi connectivity index (χ3n) is 2.53. The van der Waals surface area contributed by atoms with Crippen LogP contribution in [0, 0.1) is 0 Å². The molecular formula is C16H23NO4. The Labute approximate surface area is 125 Å². The number of carbonyl (C=O) groups is 2. The Balaban J connectivity index is 2.71. The number of hydrogen-bond donors (Lipinski definition) is 1. The minimum Gasteiger partial charge on any atom is -0.465 e. The fraction of sp³-hybridized carbons (Fsp3) is 0.500. The van der Waals surface area contributed by atoms with Crippen molar-refractivity contribution in [1.82, 2.24) is 5.32 Å². The highest BCUT2D eigenvalue weighted by atomic mass is 16.6. The zero-order chi connectivity index (χ0) is 15.9. The van der Waals surface area contributed by atoms with Crippen LogP contribution in [0.15, 0.2) is 30.3 Å². The van der Waals surface area contributed by atoms with Gasteiger partial charge < -0.3 is 9.47 Å². The largest absolute Gasteiger partial charge is 0.465 e. The highest BCUT2D eigenvalue weighted by Crippen LogP contribution is 2.14. The molecule has 0 radical (unpaired) electrons. The van der Waals surface area contributed by atoms with Gasteiger partial charge in [-0.1, -0.05) is 30.3 Å². The van der Waals surface area contributed by atoms with Crippen molar-refractivity contribution in [2.75, 3.05) is 13.2 Å². The molecule has 0 fully saturated rings. The zero-order valence-electron chi connectivity index (χ0n) is 13.0. The third kappa shape index (κ3) is 6.40. The molecule has 1 unspecified atom stereocenters. The van der Waals surface area contributed by atoms with Crippen molar-refractivity contribution in [3.05, 3.63) is 35.9 Å². The Kier molecular flexibility index (Phi) is 6.37. The van der Waals surface area contributed by atoms with Crippen LogP contribution in [0.1, 0.15) is 39.3 Å². The Morgan fingerprint density at radius 1 is 1.19 bits per heavy atom. The Hall–Kier alpha value is -1.88. The van der Waals surface area contributed by atoms with E-state index in [9.17, 15) is 9.59 Å². The van der Waals surface area contributed by atoms with E-state index in [1.54, 1.807) is 27.7 Å². The number of nitrogens with one attached hydrogen (secondary N) is 1. The van der Waals surface area contributed by atoms with Crippen molar-refractivity contribution in [3.8, 4) is 0 Å². The van der Waals surface area contributed by atoms with Gasteiger partial charge in [0, 0.05) is 0 Å². The van der Waals surface area contributed by atoms with Crippen molar-refractivity contribution >= 4 is 11.9 Å². The monoisotopic (exact) mass is 293 g/mol. The number of rotatable bonds is 6. The fourth-order valence-corrected chi connectivity index (χ4v) is 1.77. The first kappa shape index (κ1) is 17.2. The summed E-state index contributed by atoms with van der Waals surface area (Å²) in [5.74, 6) is -0.819. The van der Waals surface area contributed by atoms with Crippen molar-refractivity contribution < 1.29 is 19.1 Å². The van der Waals surface area contributed by atoms with E-state index in [-0.39, 0.29) is 13.2 Å². The van der Waals surface area contributed by atoms with Crippen LogP contribution in [0.3, 0.4) is 0 Å². The van der Waals surface area contributed by atoms with E-state index in [2.05, 4.69) is 5.32 Å². The van der Waals surface area contributed by atoms with Gasteiger partial charge in [0.2, 0.25) is 0 Å². The molecule has 0 aliphatic heterocycles. The molecule has 1 rings (SSSR count). The van der Waals surface area contributed by atoms with Crippen LogP contribution in [0.2, 0.25) is 0 Å². The van der Waals surface area contributed by atoms with Crippen LogP contribution >= 0.6 is 0 Å². The van der Waals surface area contributed by atoms with Gasteiger partial charge in [0.15, 0.2) is 0 Å². The first-order valence-corrected chi connectivity index (χ1v) is 7.00. The van der Waals surface area contributed by atoms with Gasteiger partial charge in [-0.2, -0.15) is 0 Å². The Bertz CT molecular complexity index is 465. The van der Waals surface area contributed by atoms with Crippen LogP contribution in [-0.2, 0) is 19.1 Å². The number of ether oxygens (including phenoxy) is 2. The number of benzene rings is 1. The minimum atomic E-state index is -0.682. The van der Waals surface area contributed by atoms with E-state index < -0.39 is 23.6 Å². The molecule has 0 heterocycles. The molecule has 21 heavy (non-hydrogen) atoms. The summed E-state index contributed by atoms with van der Waals surface area (Å²) in [5, 5.41) is 2.89. The van der Waals surface area contributed by atoms with Crippen LogP contribution in [0.25, 0.3) is 0 Å². The van der Waals surface area contributed by atoms with E-state index in [0.29, 0.717) is 0 Å². The molecule has 0 aliphatic rings. The van der Waals surface area contributed by atoms with E-state index in [4.69, 9.17) is 9.47 Å². The Morgan fingerprint density at radius 2 is 1.81 bits per heavy atom. The van der Waals surface area contributed by atoms with Crippen LogP contribution in [-0.4, -0.2) is 30.7 Å². The summed E-state index contributed by atoms with van der Waals surface area (Å²) < 4.78 is 10.2. The lowest BCUT2D eigenvalue weighted by Crippen LogP contribution is -2.37. The first-order valence-electron chi connectivity index (χ1n) is 7.00. The highest BCUT2D eigenvalue weighted by Gasteiger charge is 2.23. The van der Waals surface area contributed by atoms with Gasteiger partial charge in [-0.15, -0.1) is 0 Å². The summed E-state index contributed by atoms with van der Waals surface area (Å²) in [7, 11) is 0. The van der Waals surface area contributed by atoms with Crippen molar-refractivity contribution in [1.29, 1.82) is 0 Å². The standard InChI is InChI=1S/C16H23NO4/c1-5-20-15(19)14(12-9-7-6-8-10-12)17-11-13(18)21-16(2,3)4/h6-10,14,17H,5,11H2,1-4H3. The van der Waals surface area contributed by atoms with Gasteiger partial charge in [-0.05, 0) is 33.3 Å². The summed E-state index contributed by atoms with van der Waals surface area (Å²) >= 11 is 0. The van der Waals surface area contributed by atoms with Crippen molar-refractivity contribution in [2.45, 2.75) is 39.3 Å². The van der Waals surface area contributed by atoms with Gasteiger partial charge in [0.05, 0.1) is 13.2 Å². The molecular weight excluding hydrogens is 270 g/mol. The van der Waals surface area contributed by atoms with Crippen LogP contribution in [0.4, 0.5) is 0 Å². The molecule has 1 atom stereocenters. The Morgan fingerprint density at radius 3 is 2.33 bits per heavy atom. The van der Waals surface area contributed by atoms with E-state index in [1.165, 1.54) is 0 Å². The maximum Gasteiger partial charge on any atom is 0.327 e. The lowest BCUT2D eigenvalue weighted by molar-refractivity contribution is -0.154. The smallest absolute Gasteiger partial charge is 0.327 e. The van der Waals surface area contributed by atoms with Gasteiger partial charge >= 0.3 is 11.9 Å². The van der Waals surface area contributed by atoms with Gasteiger partial charge in [0.25, 0.3) is 0 Å². The second kappa shape index (κ2) is 7.78. The predicted octanol–water partition coefficient (Wildman–Crippen LogP) is 2.22. The molecule has 0 bridgehead atoms. The van der Waals surface area contributed by atoms with Crippen LogP contribution in [0.5, 0.6) is 0 Å². The summed E-state index contributed by atoms with van der Waals surface area (Å²) in [6.45, 7) is 7.36. The molecule has 0 spiro atoms. The quantitative estimate of drug-likeness (QED) is 0.815. The normalized spacial score (nSPS) is 12.6. The molecule has 5 heteroatoms. The molecule has 0 aromatic heterocycles. The summed E-state index contributed by atoms with van der Waals surface area (Å²) in [6.07, 6.45) is 0. The first-order chi connectivity index (χ1) is 9.83. The van der Waals surface area contributed by atoms with E-state index in [0.717, 1.165) is 5.56 Å². The summed E-state index contributed by atoms with van der Waals surface area (Å²) in [5.41, 5.74) is 0.199. The fourth-order valence-electron chi connectivity index (χ4n) is 1.77. The average molecular weight is 293 g/mol. The maximum atomic E-state index is 12.0. The lowest BCUT2D eigenvalue weighted by Gasteiger charge is -2.21. The molecule has 0 aliphatic carbocycles.